The first-order valence-electron chi connectivity index (χ1n) is 7.84. The number of para-hydroxylation sites is 1. The second kappa shape index (κ2) is 7.57. The van der Waals surface area contributed by atoms with Crippen LogP contribution in [0.3, 0.4) is 0 Å². The summed E-state index contributed by atoms with van der Waals surface area (Å²) < 4.78 is 65.4. The molecule has 0 aliphatic rings. The maximum absolute atomic E-state index is 14.0. The van der Waals surface area contributed by atoms with E-state index in [1.54, 1.807) is 6.07 Å². The van der Waals surface area contributed by atoms with E-state index in [1.165, 1.54) is 12.1 Å². The molecule has 1 unspecified atom stereocenters. The minimum atomic E-state index is -5.19. The minimum Gasteiger partial charge on any atom is -0.506 e. The van der Waals surface area contributed by atoms with Crippen molar-refractivity contribution >= 4 is 33.0 Å². The van der Waals surface area contributed by atoms with Crippen molar-refractivity contribution in [1.82, 2.24) is 0 Å². The number of phenols is 1. The monoisotopic (exact) mass is 446 g/mol. The van der Waals surface area contributed by atoms with Gasteiger partial charge < -0.3 is 10.4 Å². The molecule has 0 aromatic heterocycles. The van der Waals surface area contributed by atoms with Crippen molar-refractivity contribution in [2.24, 2.45) is 0 Å². The Balaban J connectivity index is 2.62. The van der Waals surface area contributed by atoms with Gasteiger partial charge in [-0.25, -0.2) is 8.42 Å². The Morgan fingerprint density at radius 3 is 2.34 bits per heavy atom. The highest BCUT2D eigenvalue weighted by atomic mass is 35.5. The van der Waals surface area contributed by atoms with E-state index in [1.807, 2.05) is 0 Å². The Kier molecular flexibility index (Phi) is 5.88. The topological polar surface area (TPSA) is 107 Å². The highest BCUT2D eigenvalue weighted by Crippen LogP contribution is 2.46. The number of halogens is 4. The van der Waals surface area contributed by atoms with Crippen molar-refractivity contribution in [2.75, 3.05) is 11.6 Å². The van der Waals surface area contributed by atoms with E-state index < -0.39 is 43.5 Å². The lowest BCUT2D eigenvalue weighted by atomic mass is 9.80. The van der Waals surface area contributed by atoms with Crippen molar-refractivity contribution in [3.8, 4) is 11.8 Å². The quantitative estimate of drug-likeness (QED) is 0.743. The van der Waals surface area contributed by atoms with Crippen molar-refractivity contribution < 1.29 is 31.5 Å². The van der Waals surface area contributed by atoms with Crippen LogP contribution >= 0.6 is 11.6 Å². The number of nitrogens with zero attached hydrogens (tertiary/aromatic N) is 1. The molecule has 0 bridgehead atoms. The number of nitriles is 1. The van der Waals surface area contributed by atoms with Crippen LogP contribution in [-0.4, -0.2) is 31.9 Å². The van der Waals surface area contributed by atoms with Crippen LogP contribution in [0, 0.1) is 11.3 Å². The van der Waals surface area contributed by atoms with Crippen LogP contribution in [0.1, 0.15) is 18.1 Å². The van der Waals surface area contributed by atoms with Gasteiger partial charge in [-0.1, -0.05) is 23.7 Å². The first-order valence-corrected chi connectivity index (χ1v) is 10.1. The lowest BCUT2D eigenvalue weighted by Crippen LogP contribution is -2.49. The molecule has 0 aliphatic heterocycles. The van der Waals surface area contributed by atoms with Gasteiger partial charge in [0.15, 0.2) is 15.3 Å². The summed E-state index contributed by atoms with van der Waals surface area (Å²) in [7, 11) is -4.06. The molecule has 2 rings (SSSR count). The zero-order chi connectivity index (χ0) is 22.2. The molecule has 1 atom stereocenters. The fourth-order valence-electron chi connectivity index (χ4n) is 2.57. The van der Waals surface area contributed by atoms with Crippen molar-refractivity contribution in [1.29, 1.82) is 5.26 Å². The molecule has 0 saturated heterocycles. The maximum Gasteiger partial charge on any atom is 0.407 e. The normalized spacial score (nSPS) is 14.0. The minimum absolute atomic E-state index is 0.0572. The summed E-state index contributed by atoms with van der Waals surface area (Å²) in [6.07, 6.45) is -4.48. The Morgan fingerprint density at radius 2 is 1.86 bits per heavy atom. The smallest absolute Gasteiger partial charge is 0.407 e. The number of alkyl halides is 3. The van der Waals surface area contributed by atoms with E-state index in [0.29, 0.717) is 6.92 Å². The van der Waals surface area contributed by atoms with E-state index >= 15 is 0 Å². The highest BCUT2D eigenvalue weighted by molar-refractivity contribution is 7.90. The van der Waals surface area contributed by atoms with Gasteiger partial charge in [0.05, 0.1) is 10.6 Å². The molecule has 0 radical (unpaired) electrons. The number of phenolic OH excluding ortho intramolecular Hbond substituents is 1. The number of aromatic hydroxyl groups is 1. The zero-order valence-corrected chi connectivity index (χ0v) is 16.6. The maximum atomic E-state index is 14.0. The highest BCUT2D eigenvalue weighted by Gasteiger charge is 2.59. The van der Waals surface area contributed by atoms with Gasteiger partial charge in [0.1, 0.15) is 16.7 Å². The van der Waals surface area contributed by atoms with Crippen molar-refractivity contribution in [3.05, 3.63) is 52.5 Å². The van der Waals surface area contributed by atoms with E-state index in [2.05, 4.69) is 5.32 Å². The van der Waals surface area contributed by atoms with Gasteiger partial charge >= 0.3 is 6.18 Å². The molecule has 154 valence electrons. The number of carbonyl (C=O) groups excluding carboxylic acids is 1. The number of hydrogen-bond donors (Lipinski definition) is 2. The van der Waals surface area contributed by atoms with Gasteiger partial charge in [0.25, 0.3) is 0 Å². The summed E-state index contributed by atoms with van der Waals surface area (Å²) in [6.45, 7) is 0.523. The Hall–Kier alpha value is -2.77. The van der Waals surface area contributed by atoms with Crippen LogP contribution in [0.15, 0.2) is 41.3 Å². The molecule has 0 saturated carbocycles. The number of benzene rings is 2. The third-order valence-corrected chi connectivity index (χ3v) is 5.75. The van der Waals surface area contributed by atoms with E-state index in [9.17, 15) is 31.5 Å². The zero-order valence-electron chi connectivity index (χ0n) is 15.0. The molecule has 2 aromatic rings. The first-order chi connectivity index (χ1) is 13.2. The number of anilines is 1. The number of amides is 1. The van der Waals surface area contributed by atoms with Gasteiger partial charge in [-0.05, 0) is 31.2 Å². The third kappa shape index (κ3) is 4.16. The molecule has 2 aromatic carbocycles. The number of hydrogen-bond acceptors (Lipinski definition) is 5. The molecular weight excluding hydrogens is 433 g/mol. The summed E-state index contributed by atoms with van der Waals surface area (Å²) in [5.41, 5.74) is -4.28. The van der Waals surface area contributed by atoms with E-state index in [4.69, 9.17) is 16.9 Å². The molecule has 1 amide bonds. The molecule has 2 N–H and O–H groups in total. The van der Waals surface area contributed by atoms with Gasteiger partial charge in [-0.3, -0.25) is 4.79 Å². The molecule has 6 nitrogen and oxygen atoms in total. The summed E-state index contributed by atoms with van der Waals surface area (Å²) in [4.78, 5) is 11.9. The van der Waals surface area contributed by atoms with Crippen LogP contribution in [0.5, 0.6) is 5.75 Å². The molecule has 11 heteroatoms. The Morgan fingerprint density at radius 1 is 1.24 bits per heavy atom. The van der Waals surface area contributed by atoms with E-state index in [-0.39, 0.29) is 16.3 Å². The Labute approximate surface area is 169 Å². The predicted molar refractivity (Wildman–Crippen MR) is 99.4 cm³/mol. The van der Waals surface area contributed by atoms with Crippen LogP contribution in [0.4, 0.5) is 18.9 Å². The molecule has 29 heavy (non-hydrogen) atoms. The molecular formula is C18H14ClF3N2O4S. The summed E-state index contributed by atoms with van der Waals surface area (Å²) in [5.74, 6) is -2.74. The lowest BCUT2D eigenvalue weighted by molar-refractivity contribution is -0.188. The predicted octanol–water partition coefficient (Wildman–Crippen LogP) is 3.78. The molecule has 0 spiro atoms. The number of nitrogens with one attached hydrogen (secondary N) is 1. The van der Waals surface area contributed by atoms with E-state index in [0.717, 1.165) is 30.5 Å². The largest absolute Gasteiger partial charge is 0.506 e. The van der Waals surface area contributed by atoms with Gasteiger partial charge in [-0.2, -0.15) is 18.4 Å². The standard InChI is InChI=1S/C18H14ClF3N2O4S/c1-17(18(20,21)22,12-4-3-5-14(15(12)25)29(2,27)28)16(26)24-11-7-6-10(9-23)13(19)8-11/h3-8,25H,1-2H3,(H,24,26). The lowest BCUT2D eigenvalue weighted by Gasteiger charge is -2.32. The van der Waals surface area contributed by atoms with Gasteiger partial charge in [0.2, 0.25) is 5.91 Å². The number of sulfone groups is 1. The van der Waals surface area contributed by atoms with Crippen LogP contribution in [0.25, 0.3) is 0 Å². The summed E-state index contributed by atoms with van der Waals surface area (Å²) in [6, 6.07) is 8.02. The fourth-order valence-corrected chi connectivity index (χ4v) is 3.58. The summed E-state index contributed by atoms with van der Waals surface area (Å²) in [5, 5.41) is 21.1. The van der Waals surface area contributed by atoms with Crippen LogP contribution in [-0.2, 0) is 20.0 Å². The van der Waals surface area contributed by atoms with Crippen LogP contribution in [0.2, 0.25) is 5.02 Å². The number of rotatable bonds is 4. The second-order valence-electron chi connectivity index (χ2n) is 6.31. The van der Waals surface area contributed by atoms with Gasteiger partial charge in [0, 0.05) is 17.5 Å². The number of carbonyl (C=O) groups is 1. The van der Waals surface area contributed by atoms with Crippen LogP contribution < -0.4 is 5.32 Å². The van der Waals surface area contributed by atoms with Gasteiger partial charge in [-0.15, -0.1) is 0 Å². The second-order valence-corrected chi connectivity index (χ2v) is 8.70. The molecule has 0 fully saturated rings. The summed E-state index contributed by atoms with van der Waals surface area (Å²) >= 11 is 5.83. The third-order valence-electron chi connectivity index (χ3n) is 4.31. The van der Waals surface area contributed by atoms with Crippen molar-refractivity contribution in [3.63, 3.8) is 0 Å². The first kappa shape index (κ1) is 22.5. The average molecular weight is 447 g/mol. The Bertz CT molecular complexity index is 1130. The SMILES string of the molecule is CC(C(=O)Nc1ccc(C#N)c(Cl)c1)(c1cccc(S(C)(=O)=O)c1O)C(F)(F)F. The molecule has 0 aliphatic carbocycles. The average Bonchev–Trinajstić information content (AvgIpc) is 2.59. The molecule has 0 heterocycles. The fraction of sp³-hybridized carbons (Fsp3) is 0.222. The van der Waals surface area contributed by atoms with Crippen molar-refractivity contribution in [2.45, 2.75) is 23.4 Å².